The maximum atomic E-state index is 11.8. The van der Waals surface area contributed by atoms with E-state index < -0.39 is 0 Å². The lowest BCUT2D eigenvalue weighted by Gasteiger charge is -2.21. The number of pyridine rings is 1. The van der Waals surface area contributed by atoms with Gasteiger partial charge in [0.2, 0.25) is 0 Å². The number of aryl methyl sites for hydroxylation is 1. The lowest BCUT2D eigenvalue weighted by Crippen LogP contribution is -2.16. The van der Waals surface area contributed by atoms with E-state index in [1.54, 1.807) is 13.0 Å². The van der Waals surface area contributed by atoms with Crippen molar-refractivity contribution in [3.63, 3.8) is 0 Å². The number of rotatable bonds is 5. The summed E-state index contributed by atoms with van der Waals surface area (Å²) >= 11 is 6.59. The maximum Gasteiger partial charge on any atom is 0.163 e. The molecule has 0 radical (unpaired) electrons. The maximum absolute atomic E-state index is 11.8. The van der Waals surface area contributed by atoms with Gasteiger partial charge in [-0.05, 0) is 56.9 Å². The number of carbonyl (C=O) groups is 1. The van der Waals surface area contributed by atoms with Crippen LogP contribution in [0.5, 0.6) is 0 Å². The van der Waals surface area contributed by atoms with E-state index in [2.05, 4.69) is 35.1 Å². The summed E-state index contributed by atoms with van der Waals surface area (Å²) in [5.41, 5.74) is 5.34. The Morgan fingerprint density at radius 3 is 2.68 bits per heavy atom. The van der Waals surface area contributed by atoms with Crippen LogP contribution in [-0.4, -0.2) is 32.3 Å². The SMILES string of the molecule is CCC(CC)n1nnc2c(N3CCc4cc(C(C)=O)cc(Cl)c43)nc(C)cc21. The van der Waals surface area contributed by atoms with Crippen molar-refractivity contribution in [2.24, 2.45) is 0 Å². The van der Waals surface area contributed by atoms with Crippen molar-refractivity contribution < 1.29 is 4.79 Å². The first-order valence-corrected chi connectivity index (χ1v) is 10.2. The molecule has 0 saturated heterocycles. The zero-order valence-corrected chi connectivity index (χ0v) is 17.4. The molecule has 4 rings (SSSR count). The van der Waals surface area contributed by atoms with Gasteiger partial charge in [-0.25, -0.2) is 9.67 Å². The van der Waals surface area contributed by atoms with E-state index in [1.165, 1.54) is 0 Å². The highest BCUT2D eigenvalue weighted by Gasteiger charge is 2.29. The van der Waals surface area contributed by atoms with E-state index in [0.29, 0.717) is 16.6 Å². The fourth-order valence-corrected chi connectivity index (χ4v) is 4.39. The molecule has 0 atom stereocenters. The second-order valence-corrected chi connectivity index (χ2v) is 7.79. The van der Waals surface area contributed by atoms with Gasteiger partial charge in [0.05, 0.1) is 22.3 Å². The molecule has 0 spiro atoms. The normalized spacial score (nSPS) is 13.6. The molecule has 3 aromatic rings. The number of hydrogen-bond donors (Lipinski definition) is 0. The average molecular weight is 398 g/mol. The van der Waals surface area contributed by atoms with Gasteiger partial charge >= 0.3 is 0 Å². The van der Waals surface area contributed by atoms with Crippen molar-refractivity contribution in [3.8, 4) is 0 Å². The van der Waals surface area contributed by atoms with E-state index in [9.17, 15) is 4.79 Å². The first-order valence-electron chi connectivity index (χ1n) is 9.78. The molecule has 1 aromatic carbocycles. The lowest BCUT2D eigenvalue weighted by atomic mass is 10.1. The minimum atomic E-state index is 0.0207. The Kier molecular flexibility index (Phi) is 4.83. The molecule has 1 aliphatic rings. The van der Waals surface area contributed by atoms with Gasteiger partial charge in [0, 0.05) is 17.8 Å². The van der Waals surface area contributed by atoms with Gasteiger partial charge in [-0.3, -0.25) is 4.79 Å². The van der Waals surface area contributed by atoms with Crippen LogP contribution in [0.1, 0.15) is 61.3 Å². The Bertz CT molecular complexity index is 1070. The number of halogens is 1. The van der Waals surface area contributed by atoms with Crippen LogP contribution in [0.3, 0.4) is 0 Å². The van der Waals surface area contributed by atoms with Crippen LogP contribution in [0.4, 0.5) is 11.5 Å². The molecule has 0 aliphatic carbocycles. The molecular weight excluding hydrogens is 374 g/mol. The molecule has 28 heavy (non-hydrogen) atoms. The molecule has 0 fully saturated rings. The summed E-state index contributed by atoms with van der Waals surface area (Å²) in [6, 6.07) is 6.05. The summed E-state index contributed by atoms with van der Waals surface area (Å²) in [5.74, 6) is 0.802. The van der Waals surface area contributed by atoms with Gasteiger partial charge in [0.15, 0.2) is 17.1 Å². The molecule has 1 aliphatic heterocycles. The number of hydrogen-bond acceptors (Lipinski definition) is 5. The van der Waals surface area contributed by atoms with Crippen molar-refractivity contribution in [2.75, 3.05) is 11.4 Å². The largest absolute Gasteiger partial charge is 0.323 e. The van der Waals surface area contributed by atoms with Gasteiger partial charge in [-0.15, -0.1) is 5.10 Å². The summed E-state index contributed by atoms with van der Waals surface area (Å²) in [5, 5.41) is 9.50. The zero-order chi connectivity index (χ0) is 20.0. The lowest BCUT2D eigenvalue weighted by molar-refractivity contribution is 0.101. The molecule has 3 heterocycles. The van der Waals surface area contributed by atoms with E-state index in [0.717, 1.165) is 59.6 Å². The Morgan fingerprint density at radius 1 is 1.25 bits per heavy atom. The smallest absolute Gasteiger partial charge is 0.163 e. The number of carbonyl (C=O) groups excluding carboxylic acids is 1. The average Bonchev–Trinajstić information content (AvgIpc) is 3.27. The monoisotopic (exact) mass is 397 g/mol. The highest BCUT2D eigenvalue weighted by molar-refractivity contribution is 6.34. The van der Waals surface area contributed by atoms with Gasteiger partial charge in [0.1, 0.15) is 0 Å². The Balaban J connectivity index is 1.87. The molecule has 6 nitrogen and oxygen atoms in total. The summed E-state index contributed by atoms with van der Waals surface area (Å²) in [7, 11) is 0. The topological polar surface area (TPSA) is 63.9 Å². The number of aromatic nitrogens is 4. The third kappa shape index (κ3) is 2.96. The predicted molar refractivity (Wildman–Crippen MR) is 112 cm³/mol. The molecule has 146 valence electrons. The van der Waals surface area contributed by atoms with Crippen LogP contribution < -0.4 is 4.90 Å². The Labute approximate surface area is 169 Å². The Hall–Kier alpha value is -2.47. The summed E-state index contributed by atoms with van der Waals surface area (Å²) < 4.78 is 2.02. The summed E-state index contributed by atoms with van der Waals surface area (Å²) in [6.45, 7) is 8.64. The first kappa shape index (κ1) is 18.9. The Morgan fingerprint density at radius 2 is 2.00 bits per heavy atom. The third-order valence-corrected chi connectivity index (χ3v) is 5.83. The van der Waals surface area contributed by atoms with Crippen LogP contribution in [0, 0.1) is 6.92 Å². The molecule has 0 bridgehead atoms. The number of benzene rings is 1. The minimum Gasteiger partial charge on any atom is -0.323 e. The van der Waals surface area contributed by atoms with E-state index in [4.69, 9.17) is 16.6 Å². The van der Waals surface area contributed by atoms with Gasteiger partial charge in [-0.2, -0.15) is 0 Å². The van der Waals surface area contributed by atoms with Crippen molar-refractivity contribution in [1.82, 2.24) is 20.0 Å². The van der Waals surface area contributed by atoms with E-state index in [1.807, 2.05) is 17.7 Å². The van der Waals surface area contributed by atoms with Gasteiger partial charge in [-0.1, -0.05) is 30.7 Å². The molecule has 0 amide bonds. The molecule has 0 unspecified atom stereocenters. The van der Waals surface area contributed by atoms with Crippen LogP contribution >= 0.6 is 11.6 Å². The van der Waals surface area contributed by atoms with Crippen molar-refractivity contribution in [1.29, 1.82) is 0 Å². The molecular formula is C21H24ClN5O. The van der Waals surface area contributed by atoms with Crippen molar-refractivity contribution in [2.45, 2.75) is 53.0 Å². The van der Waals surface area contributed by atoms with Gasteiger partial charge < -0.3 is 4.90 Å². The highest BCUT2D eigenvalue weighted by atomic mass is 35.5. The predicted octanol–water partition coefficient (Wildman–Crippen LogP) is 5.05. The van der Waals surface area contributed by atoms with Gasteiger partial charge in [0.25, 0.3) is 0 Å². The first-order chi connectivity index (χ1) is 13.4. The number of Topliss-reactive ketones (excluding diaryl/α,β-unsaturated/α-hetero) is 1. The number of anilines is 2. The fourth-order valence-electron chi connectivity index (χ4n) is 4.05. The van der Waals surface area contributed by atoms with Crippen LogP contribution in [0.25, 0.3) is 11.0 Å². The van der Waals surface area contributed by atoms with Crippen molar-refractivity contribution >= 4 is 39.9 Å². The van der Waals surface area contributed by atoms with Crippen LogP contribution in [0.2, 0.25) is 5.02 Å². The second kappa shape index (κ2) is 7.17. The standard InChI is InChI=1S/C21H24ClN5O/c1-5-16(6-2)27-18-9-12(3)23-21(19(18)24-25-27)26-8-7-14-10-15(13(4)28)11-17(22)20(14)26/h9-11,16H,5-8H2,1-4H3. The number of ketones is 1. The second-order valence-electron chi connectivity index (χ2n) is 7.38. The third-order valence-electron chi connectivity index (χ3n) is 5.54. The number of nitrogens with zero attached hydrogens (tertiary/aromatic N) is 5. The zero-order valence-electron chi connectivity index (χ0n) is 16.7. The molecule has 0 saturated carbocycles. The van der Waals surface area contributed by atoms with E-state index in [-0.39, 0.29) is 5.78 Å². The molecule has 7 heteroatoms. The molecule has 0 N–H and O–H groups in total. The summed E-state index contributed by atoms with van der Waals surface area (Å²) in [6.07, 6.45) is 2.81. The van der Waals surface area contributed by atoms with Crippen LogP contribution in [0.15, 0.2) is 18.2 Å². The summed E-state index contributed by atoms with van der Waals surface area (Å²) in [4.78, 5) is 18.7. The fraction of sp³-hybridized carbons (Fsp3) is 0.429. The number of fused-ring (bicyclic) bond motifs is 2. The molecule has 2 aromatic heterocycles. The minimum absolute atomic E-state index is 0.0207. The van der Waals surface area contributed by atoms with Crippen molar-refractivity contribution in [3.05, 3.63) is 40.0 Å². The highest BCUT2D eigenvalue weighted by Crippen LogP contribution is 2.42. The van der Waals surface area contributed by atoms with E-state index >= 15 is 0 Å². The quantitative estimate of drug-likeness (QED) is 0.564. The van der Waals surface area contributed by atoms with Crippen LogP contribution in [-0.2, 0) is 6.42 Å².